The predicted molar refractivity (Wildman–Crippen MR) is 171 cm³/mol. The van der Waals surface area contributed by atoms with Crippen molar-refractivity contribution in [2.45, 2.75) is 0 Å². The molecule has 0 aliphatic heterocycles. The number of benzene rings is 6. The Kier molecular flexibility index (Phi) is 6.20. The highest BCUT2D eigenvalue weighted by Gasteiger charge is 2.17. The molecule has 0 spiro atoms. The van der Waals surface area contributed by atoms with Crippen LogP contribution in [0.2, 0.25) is 0 Å². The molecule has 0 N–H and O–H groups in total. The number of fused-ring (bicyclic) bond motifs is 3. The summed E-state index contributed by atoms with van der Waals surface area (Å²) >= 11 is 0. The van der Waals surface area contributed by atoms with Crippen LogP contribution in [0, 0.1) is 0 Å². The molecule has 1 heterocycles. The van der Waals surface area contributed by atoms with E-state index >= 15 is 0 Å². The van der Waals surface area contributed by atoms with Gasteiger partial charge in [-0.05, 0) is 71.8 Å². The number of hydrogen-bond donors (Lipinski definition) is 0. The zero-order valence-electron chi connectivity index (χ0n) is 22.1. The Morgan fingerprint density at radius 2 is 0.925 bits per heavy atom. The van der Waals surface area contributed by atoms with Crippen LogP contribution in [0.3, 0.4) is 0 Å². The predicted octanol–water partition coefficient (Wildman–Crippen LogP) is 10.4. The minimum absolute atomic E-state index is 1.12. The van der Waals surface area contributed by atoms with Crippen molar-refractivity contribution in [3.8, 4) is 5.69 Å². The topological polar surface area (TPSA) is 8.17 Å². The molecule has 0 saturated heterocycles. The highest BCUT2D eigenvalue weighted by molar-refractivity contribution is 6.10. The van der Waals surface area contributed by atoms with E-state index in [0.717, 1.165) is 17.1 Å². The van der Waals surface area contributed by atoms with Gasteiger partial charge >= 0.3 is 0 Å². The summed E-state index contributed by atoms with van der Waals surface area (Å²) < 4.78 is 2.36. The smallest absolute Gasteiger partial charge is 0.0542 e. The lowest BCUT2D eigenvalue weighted by Crippen LogP contribution is -2.09. The first-order valence-corrected chi connectivity index (χ1v) is 13.6. The third kappa shape index (κ3) is 4.46. The first-order chi connectivity index (χ1) is 19.8. The first-order valence-electron chi connectivity index (χ1n) is 13.6. The summed E-state index contributed by atoms with van der Waals surface area (Å²) in [5.74, 6) is 0. The number of nitrogens with zero attached hydrogens (tertiary/aromatic N) is 2. The molecule has 0 atom stereocenters. The molecule has 0 aliphatic carbocycles. The van der Waals surface area contributed by atoms with E-state index in [-0.39, 0.29) is 0 Å². The molecule has 7 aromatic rings. The maximum atomic E-state index is 2.36. The maximum absolute atomic E-state index is 2.36. The summed E-state index contributed by atoms with van der Waals surface area (Å²) in [5.41, 5.74) is 9.31. The van der Waals surface area contributed by atoms with E-state index in [4.69, 9.17) is 0 Å². The summed E-state index contributed by atoms with van der Waals surface area (Å²) in [4.78, 5) is 2.33. The lowest BCUT2D eigenvalue weighted by molar-refractivity contribution is 1.18. The Bertz CT molecular complexity index is 1920. The number of rotatable bonds is 6. The molecule has 0 unspecified atom stereocenters. The molecule has 0 aliphatic rings. The van der Waals surface area contributed by atoms with E-state index in [1.807, 2.05) is 6.07 Å². The van der Waals surface area contributed by atoms with Crippen molar-refractivity contribution >= 4 is 51.0 Å². The fraction of sp³-hybridized carbons (Fsp3) is 0. The molecule has 1 aromatic heterocycles. The minimum atomic E-state index is 1.12. The van der Waals surface area contributed by atoms with Gasteiger partial charge in [0.15, 0.2) is 0 Å². The maximum Gasteiger partial charge on any atom is 0.0542 e. The summed E-state index contributed by atoms with van der Waals surface area (Å²) in [6.07, 6.45) is 4.32. The zero-order valence-corrected chi connectivity index (χ0v) is 22.1. The molecule has 2 heteroatoms. The molecule has 0 radical (unpaired) electrons. The Balaban J connectivity index is 1.34. The van der Waals surface area contributed by atoms with Gasteiger partial charge in [-0.3, -0.25) is 0 Å². The van der Waals surface area contributed by atoms with Gasteiger partial charge in [0.2, 0.25) is 0 Å². The second-order valence-electron chi connectivity index (χ2n) is 9.90. The van der Waals surface area contributed by atoms with Gasteiger partial charge in [0, 0.05) is 33.5 Å². The van der Waals surface area contributed by atoms with Crippen LogP contribution in [0.25, 0.3) is 39.6 Å². The van der Waals surface area contributed by atoms with Crippen LogP contribution in [-0.4, -0.2) is 4.57 Å². The summed E-state index contributed by atoms with van der Waals surface area (Å²) in [5, 5.41) is 2.48. The average Bonchev–Trinajstić information content (AvgIpc) is 3.36. The second kappa shape index (κ2) is 10.4. The number of aromatic nitrogens is 1. The molecule has 40 heavy (non-hydrogen) atoms. The number of hydrogen-bond acceptors (Lipinski definition) is 1. The SMILES string of the molecule is C(=Cc1ccc(N(c2ccccc2)c2ccc3c(c2)c2ccccc2n3-c2ccccc2)cc1)c1ccccc1. The third-order valence-corrected chi connectivity index (χ3v) is 7.36. The Labute approximate surface area is 234 Å². The third-order valence-electron chi connectivity index (χ3n) is 7.36. The molecule has 190 valence electrons. The fourth-order valence-electron chi connectivity index (χ4n) is 5.47. The minimum Gasteiger partial charge on any atom is -0.310 e. The molecule has 2 nitrogen and oxygen atoms in total. The number of anilines is 3. The van der Waals surface area contributed by atoms with Crippen LogP contribution < -0.4 is 4.90 Å². The van der Waals surface area contributed by atoms with Crippen molar-refractivity contribution in [3.63, 3.8) is 0 Å². The molecular formula is C38H28N2. The van der Waals surface area contributed by atoms with Crippen LogP contribution >= 0.6 is 0 Å². The van der Waals surface area contributed by atoms with E-state index in [1.54, 1.807) is 0 Å². The second-order valence-corrected chi connectivity index (χ2v) is 9.90. The van der Waals surface area contributed by atoms with Gasteiger partial charge in [0.25, 0.3) is 0 Å². The van der Waals surface area contributed by atoms with Crippen LogP contribution in [0.5, 0.6) is 0 Å². The highest BCUT2D eigenvalue weighted by atomic mass is 15.1. The van der Waals surface area contributed by atoms with Crippen molar-refractivity contribution in [3.05, 3.63) is 169 Å². The van der Waals surface area contributed by atoms with Crippen LogP contribution in [0.4, 0.5) is 17.1 Å². The summed E-state index contributed by atoms with van der Waals surface area (Å²) in [6, 6.07) is 55.9. The van der Waals surface area contributed by atoms with E-state index in [0.29, 0.717) is 0 Å². The van der Waals surface area contributed by atoms with Gasteiger partial charge in [-0.1, -0.05) is 109 Å². The molecule has 0 fully saturated rings. The highest BCUT2D eigenvalue weighted by Crippen LogP contribution is 2.39. The van der Waals surface area contributed by atoms with Gasteiger partial charge in [-0.15, -0.1) is 0 Å². The fourth-order valence-corrected chi connectivity index (χ4v) is 5.47. The Hall–Kier alpha value is -5.34. The van der Waals surface area contributed by atoms with Crippen molar-refractivity contribution < 1.29 is 0 Å². The normalized spacial score (nSPS) is 11.4. The molecular weight excluding hydrogens is 484 g/mol. The quantitative estimate of drug-likeness (QED) is 0.201. The monoisotopic (exact) mass is 512 g/mol. The molecule has 7 rings (SSSR count). The van der Waals surface area contributed by atoms with Crippen molar-refractivity contribution in [1.29, 1.82) is 0 Å². The lowest BCUT2D eigenvalue weighted by atomic mass is 10.1. The molecule has 0 saturated carbocycles. The standard InChI is InChI=1S/C38H28N2/c1-4-12-29(13-5-1)20-21-30-22-24-33(25-23-30)39(31-14-6-2-7-15-31)34-26-27-38-36(28-34)35-18-10-11-19-37(35)40(38)32-16-8-3-9-17-32/h1-28H. The van der Waals surface area contributed by atoms with Crippen molar-refractivity contribution in [2.75, 3.05) is 4.90 Å². The van der Waals surface area contributed by atoms with Gasteiger partial charge < -0.3 is 9.47 Å². The van der Waals surface area contributed by atoms with Crippen LogP contribution in [-0.2, 0) is 0 Å². The van der Waals surface area contributed by atoms with Crippen molar-refractivity contribution in [2.24, 2.45) is 0 Å². The van der Waals surface area contributed by atoms with E-state index in [2.05, 4.69) is 173 Å². The molecule has 6 aromatic carbocycles. The summed E-state index contributed by atoms with van der Waals surface area (Å²) in [7, 11) is 0. The van der Waals surface area contributed by atoms with Gasteiger partial charge in [-0.2, -0.15) is 0 Å². The van der Waals surface area contributed by atoms with E-state index in [1.165, 1.54) is 38.6 Å². The Morgan fingerprint density at radius 3 is 1.65 bits per heavy atom. The van der Waals surface area contributed by atoms with Gasteiger partial charge in [-0.25, -0.2) is 0 Å². The van der Waals surface area contributed by atoms with Crippen LogP contribution in [0.1, 0.15) is 11.1 Å². The van der Waals surface area contributed by atoms with E-state index in [9.17, 15) is 0 Å². The van der Waals surface area contributed by atoms with Crippen LogP contribution in [0.15, 0.2) is 158 Å². The first kappa shape index (κ1) is 23.8. The molecule has 0 amide bonds. The van der Waals surface area contributed by atoms with Gasteiger partial charge in [0.05, 0.1) is 11.0 Å². The lowest BCUT2D eigenvalue weighted by Gasteiger charge is -2.25. The van der Waals surface area contributed by atoms with E-state index < -0.39 is 0 Å². The number of para-hydroxylation sites is 3. The molecule has 0 bridgehead atoms. The van der Waals surface area contributed by atoms with Crippen molar-refractivity contribution in [1.82, 2.24) is 4.57 Å². The Morgan fingerprint density at radius 1 is 0.400 bits per heavy atom. The zero-order chi connectivity index (χ0) is 26.7. The average molecular weight is 513 g/mol. The summed E-state index contributed by atoms with van der Waals surface area (Å²) in [6.45, 7) is 0. The largest absolute Gasteiger partial charge is 0.310 e. The van der Waals surface area contributed by atoms with Gasteiger partial charge in [0.1, 0.15) is 0 Å².